The molecule has 0 heterocycles. The number of carbonyl (C=O) groups is 5. The number of urea groups is 1. The first-order valence-corrected chi connectivity index (χ1v) is 18.6. The molecular formula is C40H55N9O7. The van der Waals surface area contributed by atoms with Crippen molar-refractivity contribution in [1.29, 1.82) is 0 Å². The topological polar surface area (TPSA) is 237 Å². The summed E-state index contributed by atoms with van der Waals surface area (Å²) in [4.78, 5) is 67.3. The van der Waals surface area contributed by atoms with Crippen LogP contribution in [0.5, 0.6) is 5.75 Å². The number of aliphatic imine (C=N–C) groups is 1. The van der Waals surface area contributed by atoms with Gasteiger partial charge in [0.25, 0.3) is 0 Å². The fraction of sp³-hybridized carbons (Fsp3) is 0.400. The van der Waals surface area contributed by atoms with E-state index in [1.54, 1.807) is 39.8 Å². The van der Waals surface area contributed by atoms with Crippen molar-refractivity contribution in [3.8, 4) is 5.75 Å². The predicted octanol–water partition coefficient (Wildman–Crippen LogP) is 3.18. The summed E-state index contributed by atoms with van der Waals surface area (Å²) in [5, 5.41) is 29.1. The van der Waals surface area contributed by atoms with E-state index in [0.717, 1.165) is 16.8 Å². The lowest BCUT2D eigenvalue weighted by Crippen LogP contribution is -2.48. The zero-order valence-corrected chi connectivity index (χ0v) is 32.4. The minimum Gasteiger partial charge on any atom is -0.508 e. The third-order valence-electron chi connectivity index (χ3n) is 8.03. The monoisotopic (exact) mass is 773 g/mol. The number of nitrogens with zero attached hydrogens (tertiary/aromatic N) is 1. The number of aromatic hydroxyl groups is 1. The highest BCUT2D eigenvalue weighted by molar-refractivity contribution is 5.95. The molecule has 56 heavy (non-hydrogen) atoms. The van der Waals surface area contributed by atoms with Crippen LogP contribution in [0.1, 0.15) is 69.6 Å². The Bertz CT molecular complexity index is 1750. The highest BCUT2D eigenvalue weighted by atomic mass is 16.6. The van der Waals surface area contributed by atoms with Crippen molar-refractivity contribution < 1.29 is 33.8 Å². The summed E-state index contributed by atoms with van der Waals surface area (Å²) in [5.41, 5.74) is 8.26. The molecule has 2 atom stereocenters. The van der Waals surface area contributed by atoms with E-state index < -0.39 is 35.6 Å². The molecule has 3 rings (SSSR count). The lowest BCUT2D eigenvalue weighted by Gasteiger charge is -2.23. The second-order valence-corrected chi connectivity index (χ2v) is 13.8. The number of alkyl carbamates (subject to hydrolysis) is 1. The van der Waals surface area contributed by atoms with Gasteiger partial charge in [-0.15, -0.1) is 0 Å². The molecule has 0 aliphatic heterocycles. The molecule has 0 radical (unpaired) electrons. The number of amides is 6. The van der Waals surface area contributed by atoms with Gasteiger partial charge in [-0.25, -0.2) is 9.59 Å². The number of phenolic OH excluding ortho intramolecular Hbond substituents is 1. The number of ether oxygens (including phenoxy) is 1. The van der Waals surface area contributed by atoms with Crippen LogP contribution in [0, 0.1) is 0 Å². The molecular weight excluding hydrogens is 718 g/mol. The molecule has 16 nitrogen and oxygen atoms in total. The van der Waals surface area contributed by atoms with Crippen molar-refractivity contribution in [3.05, 3.63) is 95.6 Å². The lowest BCUT2D eigenvalue weighted by molar-refractivity contribution is -0.129. The fourth-order valence-electron chi connectivity index (χ4n) is 5.27. The Hall–Kier alpha value is -6.32. The Balaban J connectivity index is 1.68. The zero-order valence-electron chi connectivity index (χ0n) is 32.4. The van der Waals surface area contributed by atoms with Crippen LogP contribution in [0.15, 0.2) is 83.9 Å². The highest BCUT2D eigenvalue weighted by Crippen LogP contribution is 2.27. The number of carbonyl (C=O) groups excluding carboxylic acids is 5. The van der Waals surface area contributed by atoms with Gasteiger partial charge in [-0.1, -0.05) is 61.5 Å². The summed E-state index contributed by atoms with van der Waals surface area (Å²) in [6.45, 7) is 8.69. The molecule has 16 heteroatoms. The second kappa shape index (κ2) is 22.8. The molecule has 1 unspecified atom stereocenters. The van der Waals surface area contributed by atoms with E-state index in [4.69, 9.17) is 10.5 Å². The van der Waals surface area contributed by atoms with E-state index in [2.05, 4.69) is 42.2 Å². The van der Waals surface area contributed by atoms with Gasteiger partial charge >= 0.3 is 12.1 Å². The normalized spacial score (nSPS) is 12.3. The maximum absolute atomic E-state index is 14.1. The molecule has 0 aromatic heterocycles. The van der Waals surface area contributed by atoms with Gasteiger partial charge in [0.15, 0.2) is 5.96 Å². The number of rotatable bonds is 19. The fourth-order valence-corrected chi connectivity index (χ4v) is 5.27. The lowest BCUT2D eigenvalue weighted by atomic mass is 9.90. The molecule has 0 aliphatic carbocycles. The SMILES string of the molecule is CCC(=O)NCCNC(=O)NC(N)=NCCC[C@@H](NC(=O)C(c1ccccc1)c1ccc(NCCNC(=O)OC(C)(C)C)cc1)C(=O)NCc1ccc(O)cc1. The summed E-state index contributed by atoms with van der Waals surface area (Å²) in [5.74, 6) is -1.71. The molecule has 0 fully saturated rings. The van der Waals surface area contributed by atoms with Gasteiger partial charge in [0.2, 0.25) is 17.7 Å². The van der Waals surface area contributed by atoms with Gasteiger partial charge in [-0.05, 0) is 74.6 Å². The second-order valence-electron chi connectivity index (χ2n) is 13.8. The van der Waals surface area contributed by atoms with Crippen molar-refractivity contribution in [2.45, 2.75) is 71.1 Å². The number of nitrogens with two attached hydrogens (primary N) is 1. The number of nitrogens with one attached hydrogen (secondary N) is 7. The van der Waals surface area contributed by atoms with Crippen LogP contribution >= 0.6 is 0 Å². The molecule has 6 amide bonds. The quantitative estimate of drug-likeness (QED) is 0.0494. The van der Waals surface area contributed by atoms with Crippen molar-refractivity contribution in [1.82, 2.24) is 31.9 Å². The smallest absolute Gasteiger partial charge is 0.407 e. The number of anilines is 1. The number of hydrogen-bond acceptors (Lipinski definition) is 9. The van der Waals surface area contributed by atoms with Crippen LogP contribution in [0.2, 0.25) is 0 Å². The predicted molar refractivity (Wildman–Crippen MR) is 215 cm³/mol. The molecule has 3 aromatic carbocycles. The van der Waals surface area contributed by atoms with Crippen molar-refractivity contribution >= 4 is 41.5 Å². The van der Waals surface area contributed by atoms with Crippen LogP contribution in [0.25, 0.3) is 0 Å². The zero-order chi connectivity index (χ0) is 40.9. The van der Waals surface area contributed by atoms with Crippen LogP contribution in [-0.4, -0.2) is 85.3 Å². The van der Waals surface area contributed by atoms with Gasteiger partial charge in [-0.2, -0.15) is 0 Å². The summed E-state index contributed by atoms with van der Waals surface area (Å²) >= 11 is 0. The van der Waals surface area contributed by atoms with Crippen molar-refractivity contribution in [3.63, 3.8) is 0 Å². The summed E-state index contributed by atoms with van der Waals surface area (Å²) in [7, 11) is 0. The Labute approximate surface area is 327 Å². The van der Waals surface area contributed by atoms with Crippen LogP contribution < -0.4 is 43.0 Å². The third-order valence-corrected chi connectivity index (χ3v) is 8.03. The van der Waals surface area contributed by atoms with E-state index in [1.807, 2.05) is 54.6 Å². The summed E-state index contributed by atoms with van der Waals surface area (Å²) < 4.78 is 5.26. The van der Waals surface area contributed by atoms with Crippen LogP contribution in [-0.2, 0) is 25.7 Å². The average Bonchev–Trinajstić information content (AvgIpc) is 3.16. The molecule has 0 bridgehead atoms. The minimum atomic E-state index is -0.949. The molecule has 0 saturated carbocycles. The molecule has 0 aliphatic rings. The maximum atomic E-state index is 14.1. The van der Waals surface area contributed by atoms with Gasteiger partial charge < -0.3 is 47.5 Å². The molecule has 0 spiro atoms. The van der Waals surface area contributed by atoms with E-state index >= 15 is 0 Å². The van der Waals surface area contributed by atoms with Gasteiger partial charge in [0, 0.05) is 51.4 Å². The Morgan fingerprint density at radius 3 is 2.09 bits per heavy atom. The number of benzene rings is 3. The van der Waals surface area contributed by atoms with E-state index in [0.29, 0.717) is 31.5 Å². The Kier molecular flexibility index (Phi) is 17.9. The number of phenols is 1. The number of guanidine groups is 1. The van der Waals surface area contributed by atoms with E-state index in [1.165, 1.54) is 12.1 Å². The summed E-state index contributed by atoms with van der Waals surface area (Å²) in [6.07, 6.45) is 0.383. The minimum absolute atomic E-state index is 0.100. The Morgan fingerprint density at radius 2 is 1.43 bits per heavy atom. The van der Waals surface area contributed by atoms with Crippen molar-refractivity contribution in [2.24, 2.45) is 10.7 Å². The first kappa shape index (κ1) is 44.1. The maximum Gasteiger partial charge on any atom is 0.407 e. The number of hydrogen-bond donors (Lipinski definition) is 9. The van der Waals surface area contributed by atoms with Gasteiger partial charge in [0.1, 0.15) is 17.4 Å². The van der Waals surface area contributed by atoms with E-state index in [-0.39, 0.29) is 56.1 Å². The molecule has 10 N–H and O–H groups in total. The molecule has 3 aromatic rings. The summed E-state index contributed by atoms with van der Waals surface area (Å²) in [6, 6.07) is 21.5. The largest absolute Gasteiger partial charge is 0.508 e. The molecule has 302 valence electrons. The van der Waals surface area contributed by atoms with Crippen molar-refractivity contribution in [2.75, 3.05) is 38.0 Å². The van der Waals surface area contributed by atoms with Crippen LogP contribution in [0.4, 0.5) is 15.3 Å². The van der Waals surface area contributed by atoms with Gasteiger partial charge in [0.05, 0.1) is 5.92 Å². The molecule has 0 saturated heterocycles. The first-order valence-electron chi connectivity index (χ1n) is 18.6. The van der Waals surface area contributed by atoms with Gasteiger partial charge in [-0.3, -0.25) is 24.7 Å². The Morgan fingerprint density at radius 1 is 0.786 bits per heavy atom. The highest BCUT2D eigenvalue weighted by Gasteiger charge is 2.28. The van der Waals surface area contributed by atoms with E-state index in [9.17, 15) is 29.1 Å². The first-order chi connectivity index (χ1) is 26.7. The average molecular weight is 774 g/mol. The standard InChI is InChI=1S/C40H55N9O7/c1-5-33(51)43-23-24-45-38(54)49-37(41)44-21-9-12-32(35(52)47-26-27-13-19-31(50)20-14-27)48-36(53)34(28-10-7-6-8-11-28)29-15-17-30(18-16-29)42-22-25-46-39(55)56-40(2,3)4/h6-8,10-11,13-20,32,34,42,50H,5,9,12,21-26H2,1-4H3,(H,43,51)(H,46,55)(H,47,52)(H,48,53)(H4,41,44,45,49,54)/t32-,34?/m1/s1. The third kappa shape index (κ3) is 16.8. The van der Waals surface area contributed by atoms with Crippen LogP contribution in [0.3, 0.4) is 0 Å².